The summed E-state index contributed by atoms with van der Waals surface area (Å²) in [6.45, 7) is 0.583. The number of aromatic nitrogens is 1. The van der Waals surface area contributed by atoms with E-state index in [-0.39, 0.29) is 18.3 Å². The summed E-state index contributed by atoms with van der Waals surface area (Å²) >= 11 is 7.66. The summed E-state index contributed by atoms with van der Waals surface area (Å²) in [7, 11) is 1.36. The van der Waals surface area contributed by atoms with E-state index in [0.717, 1.165) is 23.4 Å². The lowest BCUT2D eigenvalue weighted by atomic mass is 10.0. The minimum atomic E-state index is -0.479. The Morgan fingerprint density at radius 3 is 2.92 bits per heavy atom. The van der Waals surface area contributed by atoms with Crippen molar-refractivity contribution in [2.24, 2.45) is 0 Å². The molecule has 5 nitrogen and oxygen atoms in total. The van der Waals surface area contributed by atoms with Crippen molar-refractivity contribution in [2.75, 3.05) is 13.7 Å². The number of hydrogen-bond donors (Lipinski definition) is 0. The molecule has 3 rings (SSSR count). The van der Waals surface area contributed by atoms with Crippen LogP contribution in [0.15, 0.2) is 29.6 Å². The molecule has 0 aliphatic carbocycles. The Kier molecular flexibility index (Phi) is 5.71. The zero-order valence-corrected chi connectivity index (χ0v) is 15.5. The van der Waals surface area contributed by atoms with Crippen molar-refractivity contribution in [1.82, 2.24) is 9.88 Å². The number of piperidine rings is 1. The molecule has 1 saturated heterocycles. The second-order valence-electron chi connectivity index (χ2n) is 5.92. The van der Waals surface area contributed by atoms with Gasteiger partial charge in [0.25, 0.3) is 0 Å². The first kappa shape index (κ1) is 17.9. The number of hydrogen-bond acceptors (Lipinski definition) is 5. The number of amides is 1. The Labute approximate surface area is 155 Å². The molecule has 0 saturated carbocycles. The monoisotopic (exact) mass is 378 g/mol. The molecule has 1 aliphatic heterocycles. The molecule has 1 fully saturated rings. The molecule has 1 aromatic carbocycles. The number of esters is 1. The highest BCUT2D eigenvalue weighted by Gasteiger charge is 2.32. The molecule has 0 spiro atoms. The number of methoxy groups -OCH3 is 1. The minimum Gasteiger partial charge on any atom is -0.467 e. The maximum absolute atomic E-state index is 12.7. The van der Waals surface area contributed by atoms with Crippen LogP contribution in [0.1, 0.15) is 25.0 Å². The molecule has 2 aromatic rings. The zero-order chi connectivity index (χ0) is 17.8. The van der Waals surface area contributed by atoms with Gasteiger partial charge in [-0.1, -0.05) is 29.8 Å². The first-order valence-corrected chi connectivity index (χ1v) is 9.42. The fourth-order valence-electron chi connectivity index (χ4n) is 3.01. The maximum atomic E-state index is 12.7. The Morgan fingerprint density at radius 2 is 2.16 bits per heavy atom. The molecule has 1 aliphatic rings. The van der Waals surface area contributed by atoms with E-state index < -0.39 is 6.04 Å². The SMILES string of the molecule is COC(=O)C1CCCCN1C(=O)Cc1csc(-c2ccccc2Cl)n1. The van der Waals surface area contributed by atoms with E-state index in [1.165, 1.54) is 18.4 Å². The van der Waals surface area contributed by atoms with Crippen LogP contribution >= 0.6 is 22.9 Å². The smallest absolute Gasteiger partial charge is 0.328 e. The fraction of sp³-hybridized carbons (Fsp3) is 0.389. The van der Waals surface area contributed by atoms with E-state index in [9.17, 15) is 9.59 Å². The Bertz CT molecular complexity index is 777. The summed E-state index contributed by atoms with van der Waals surface area (Å²) < 4.78 is 4.83. The van der Waals surface area contributed by atoms with Crippen molar-refractivity contribution in [1.29, 1.82) is 0 Å². The lowest BCUT2D eigenvalue weighted by Gasteiger charge is -2.33. The summed E-state index contributed by atoms with van der Waals surface area (Å²) in [4.78, 5) is 30.7. The highest BCUT2D eigenvalue weighted by atomic mass is 35.5. The number of thiazole rings is 1. The average molecular weight is 379 g/mol. The molecule has 1 atom stereocenters. The Hall–Kier alpha value is -1.92. The van der Waals surface area contributed by atoms with Crippen LogP contribution in [-0.2, 0) is 20.7 Å². The second kappa shape index (κ2) is 7.97. The maximum Gasteiger partial charge on any atom is 0.328 e. The van der Waals surface area contributed by atoms with Gasteiger partial charge < -0.3 is 9.64 Å². The molecular weight excluding hydrogens is 360 g/mol. The number of halogens is 1. The number of carbonyl (C=O) groups is 2. The van der Waals surface area contributed by atoms with Crippen molar-refractivity contribution >= 4 is 34.8 Å². The van der Waals surface area contributed by atoms with E-state index in [1.807, 2.05) is 29.6 Å². The third-order valence-electron chi connectivity index (χ3n) is 4.28. The van der Waals surface area contributed by atoms with Crippen molar-refractivity contribution in [3.63, 3.8) is 0 Å². The Balaban J connectivity index is 1.73. The number of ether oxygens (including phenoxy) is 1. The van der Waals surface area contributed by atoms with Gasteiger partial charge in [-0.15, -0.1) is 11.3 Å². The Morgan fingerprint density at radius 1 is 1.36 bits per heavy atom. The van der Waals surface area contributed by atoms with Crippen molar-refractivity contribution < 1.29 is 14.3 Å². The van der Waals surface area contributed by atoms with Crippen LogP contribution in [0.3, 0.4) is 0 Å². The summed E-state index contributed by atoms with van der Waals surface area (Å²) in [5, 5.41) is 3.29. The normalized spacial score (nSPS) is 17.4. The van der Waals surface area contributed by atoms with Crippen molar-refractivity contribution in [3.8, 4) is 10.6 Å². The molecule has 0 bridgehead atoms. The quantitative estimate of drug-likeness (QED) is 0.763. The van der Waals surface area contributed by atoms with Crippen LogP contribution in [0.5, 0.6) is 0 Å². The van der Waals surface area contributed by atoms with Crippen LogP contribution in [-0.4, -0.2) is 41.5 Å². The van der Waals surface area contributed by atoms with Crippen LogP contribution in [0.25, 0.3) is 10.6 Å². The van der Waals surface area contributed by atoms with Gasteiger partial charge in [-0.25, -0.2) is 9.78 Å². The van der Waals surface area contributed by atoms with Crippen LogP contribution in [0, 0.1) is 0 Å². The van der Waals surface area contributed by atoms with E-state index >= 15 is 0 Å². The first-order chi connectivity index (χ1) is 12.1. The van der Waals surface area contributed by atoms with Gasteiger partial charge >= 0.3 is 5.97 Å². The second-order valence-corrected chi connectivity index (χ2v) is 7.19. The lowest BCUT2D eigenvalue weighted by molar-refractivity contribution is -0.154. The van der Waals surface area contributed by atoms with E-state index in [4.69, 9.17) is 16.3 Å². The van der Waals surface area contributed by atoms with Gasteiger partial charge in [-0.05, 0) is 25.3 Å². The standard InChI is InChI=1S/C18H19ClN2O3S/c1-24-18(23)15-8-4-5-9-21(15)16(22)10-12-11-25-17(20-12)13-6-2-3-7-14(13)19/h2-3,6-7,11,15H,4-5,8-10H2,1H3. The molecule has 1 amide bonds. The molecule has 0 N–H and O–H groups in total. The summed E-state index contributed by atoms with van der Waals surface area (Å²) in [5.41, 5.74) is 1.55. The number of likely N-dealkylation sites (tertiary alicyclic amines) is 1. The molecule has 132 valence electrons. The highest BCUT2D eigenvalue weighted by Crippen LogP contribution is 2.30. The third-order valence-corrected chi connectivity index (χ3v) is 5.54. The predicted molar refractivity (Wildman–Crippen MR) is 97.6 cm³/mol. The van der Waals surface area contributed by atoms with Gasteiger partial charge in [0.2, 0.25) is 5.91 Å². The minimum absolute atomic E-state index is 0.0916. The lowest BCUT2D eigenvalue weighted by Crippen LogP contribution is -2.49. The van der Waals surface area contributed by atoms with Gasteiger partial charge in [-0.2, -0.15) is 0 Å². The van der Waals surface area contributed by atoms with Crippen LogP contribution in [0.2, 0.25) is 5.02 Å². The third kappa shape index (κ3) is 4.02. The number of nitrogens with zero attached hydrogens (tertiary/aromatic N) is 2. The molecule has 1 unspecified atom stereocenters. The van der Waals surface area contributed by atoms with E-state index in [0.29, 0.717) is 23.7 Å². The predicted octanol–water partition coefficient (Wildman–Crippen LogP) is 3.56. The molecule has 2 heterocycles. The first-order valence-electron chi connectivity index (χ1n) is 8.16. The molecule has 0 radical (unpaired) electrons. The van der Waals surface area contributed by atoms with Gasteiger partial charge in [-0.3, -0.25) is 4.79 Å². The van der Waals surface area contributed by atoms with Crippen molar-refractivity contribution in [2.45, 2.75) is 31.7 Å². The van der Waals surface area contributed by atoms with Crippen LogP contribution < -0.4 is 0 Å². The van der Waals surface area contributed by atoms with E-state index in [2.05, 4.69) is 4.98 Å². The fourth-order valence-corrected chi connectivity index (χ4v) is 4.15. The summed E-state index contributed by atoms with van der Waals surface area (Å²) in [5.74, 6) is -0.436. The molecule has 1 aromatic heterocycles. The van der Waals surface area contributed by atoms with Crippen LogP contribution in [0.4, 0.5) is 0 Å². The zero-order valence-electron chi connectivity index (χ0n) is 13.9. The number of carbonyl (C=O) groups excluding carboxylic acids is 2. The van der Waals surface area contributed by atoms with Gasteiger partial charge in [0.15, 0.2) is 0 Å². The molecular formula is C18H19ClN2O3S. The molecule has 7 heteroatoms. The molecule has 25 heavy (non-hydrogen) atoms. The topological polar surface area (TPSA) is 59.5 Å². The van der Waals surface area contributed by atoms with E-state index in [1.54, 1.807) is 4.90 Å². The summed E-state index contributed by atoms with van der Waals surface area (Å²) in [6, 6.07) is 7.02. The highest BCUT2D eigenvalue weighted by molar-refractivity contribution is 7.13. The van der Waals surface area contributed by atoms with Gasteiger partial charge in [0.1, 0.15) is 11.0 Å². The number of rotatable bonds is 4. The van der Waals surface area contributed by atoms with Gasteiger partial charge in [0.05, 0.1) is 24.2 Å². The summed E-state index contributed by atoms with van der Waals surface area (Å²) in [6.07, 6.45) is 2.66. The van der Waals surface area contributed by atoms with Gasteiger partial charge in [0, 0.05) is 17.5 Å². The number of benzene rings is 1. The largest absolute Gasteiger partial charge is 0.467 e. The van der Waals surface area contributed by atoms with Crippen molar-refractivity contribution in [3.05, 3.63) is 40.4 Å². The average Bonchev–Trinajstić information content (AvgIpc) is 3.09.